The Morgan fingerprint density at radius 3 is 2.80 bits per heavy atom. The van der Waals surface area contributed by atoms with Crippen molar-refractivity contribution in [3.05, 3.63) is 17.6 Å². The third-order valence-electron chi connectivity index (χ3n) is 1.72. The molecule has 0 amide bonds. The van der Waals surface area contributed by atoms with E-state index < -0.39 is 0 Å². The minimum Gasteiger partial charge on any atom is -0.384 e. The SMILES string of the molecule is CCCOCc1nc(N)cc(COC)n1. The number of aromatic nitrogens is 2. The fourth-order valence-corrected chi connectivity index (χ4v) is 1.17. The van der Waals surface area contributed by atoms with Crippen molar-refractivity contribution in [1.82, 2.24) is 9.97 Å². The van der Waals surface area contributed by atoms with Gasteiger partial charge in [-0.25, -0.2) is 9.97 Å². The largest absolute Gasteiger partial charge is 0.384 e. The van der Waals surface area contributed by atoms with Gasteiger partial charge in [0.25, 0.3) is 0 Å². The first-order valence-corrected chi connectivity index (χ1v) is 4.95. The normalized spacial score (nSPS) is 10.5. The van der Waals surface area contributed by atoms with E-state index in [0.29, 0.717) is 31.5 Å². The number of rotatable bonds is 6. The zero-order valence-electron chi connectivity index (χ0n) is 9.19. The number of methoxy groups -OCH3 is 1. The molecular weight excluding hydrogens is 194 g/mol. The molecule has 2 N–H and O–H groups in total. The summed E-state index contributed by atoms with van der Waals surface area (Å²) in [4.78, 5) is 8.33. The van der Waals surface area contributed by atoms with Crippen LogP contribution in [0.25, 0.3) is 0 Å². The highest BCUT2D eigenvalue weighted by molar-refractivity contribution is 5.29. The molecule has 0 aliphatic heterocycles. The summed E-state index contributed by atoms with van der Waals surface area (Å²) < 4.78 is 10.3. The summed E-state index contributed by atoms with van der Waals surface area (Å²) in [6.45, 7) is 3.59. The molecule has 0 saturated carbocycles. The number of anilines is 1. The molecule has 0 spiro atoms. The first kappa shape index (κ1) is 11.9. The summed E-state index contributed by atoms with van der Waals surface area (Å²) in [6, 6.07) is 1.70. The smallest absolute Gasteiger partial charge is 0.156 e. The van der Waals surface area contributed by atoms with Crippen molar-refractivity contribution >= 4 is 5.82 Å². The maximum Gasteiger partial charge on any atom is 0.156 e. The summed E-state index contributed by atoms with van der Waals surface area (Å²) in [6.07, 6.45) is 0.979. The molecule has 1 aromatic rings. The van der Waals surface area contributed by atoms with Gasteiger partial charge < -0.3 is 15.2 Å². The number of hydrogen-bond acceptors (Lipinski definition) is 5. The molecule has 0 atom stereocenters. The summed E-state index contributed by atoms with van der Waals surface area (Å²) in [7, 11) is 1.62. The highest BCUT2D eigenvalue weighted by Gasteiger charge is 2.02. The molecule has 0 aliphatic rings. The average Bonchev–Trinajstić information content (AvgIpc) is 2.18. The Bertz CT molecular complexity index is 305. The van der Waals surface area contributed by atoms with E-state index in [1.165, 1.54) is 0 Å². The van der Waals surface area contributed by atoms with E-state index in [2.05, 4.69) is 16.9 Å². The van der Waals surface area contributed by atoms with Crippen molar-refractivity contribution in [3.63, 3.8) is 0 Å². The van der Waals surface area contributed by atoms with E-state index in [9.17, 15) is 0 Å². The highest BCUT2D eigenvalue weighted by atomic mass is 16.5. The number of ether oxygens (including phenoxy) is 2. The van der Waals surface area contributed by atoms with E-state index in [0.717, 1.165) is 12.1 Å². The van der Waals surface area contributed by atoms with E-state index in [1.807, 2.05) is 0 Å². The second-order valence-electron chi connectivity index (χ2n) is 3.19. The van der Waals surface area contributed by atoms with Gasteiger partial charge in [0.05, 0.1) is 12.3 Å². The molecule has 1 rings (SSSR count). The van der Waals surface area contributed by atoms with Gasteiger partial charge in [-0.1, -0.05) is 6.92 Å². The van der Waals surface area contributed by atoms with Gasteiger partial charge in [-0.05, 0) is 6.42 Å². The maximum absolute atomic E-state index is 5.63. The molecule has 84 valence electrons. The van der Waals surface area contributed by atoms with Crippen LogP contribution in [-0.4, -0.2) is 23.7 Å². The van der Waals surface area contributed by atoms with Crippen molar-refractivity contribution in [3.8, 4) is 0 Å². The Balaban J connectivity index is 2.62. The van der Waals surface area contributed by atoms with E-state index in [4.69, 9.17) is 15.2 Å². The lowest BCUT2D eigenvalue weighted by molar-refractivity contribution is 0.115. The number of hydrogen-bond donors (Lipinski definition) is 1. The molecule has 0 aromatic carbocycles. The van der Waals surface area contributed by atoms with Gasteiger partial charge in [-0.2, -0.15) is 0 Å². The molecule has 1 heterocycles. The monoisotopic (exact) mass is 211 g/mol. The van der Waals surface area contributed by atoms with Crippen molar-refractivity contribution in [2.45, 2.75) is 26.6 Å². The van der Waals surface area contributed by atoms with Gasteiger partial charge in [0.1, 0.15) is 12.4 Å². The molecule has 15 heavy (non-hydrogen) atoms. The minimum atomic E-state index is 0.398. The van der Waals surface area contributed by atoms with Crippen molar-refractivity contribution in [2.75, 3.05) is 19.5 Å². The van der Waals surface area contributed by atoms with Gasteiger partial charge in [0.15, 0.2) is 5.82 Å². The lowest BCUT2D eigenvalue weighted by Gasteiger charge is -2.05. The quantitative estimate of drug-likeness (QED) is 0.714. The van der Waals surface area contributed by atoms with E-state index in [-0.39, 0.29) is 0 Å². The summed E-state index contributed by atoms with van der Waals surface area (Å²) in [5, 5.41) is 0. The fraction of sp³-hybridized carbons (Fsp3) is 0.600. The average molecular weight is 211 g/mol. The first-order chi connectivity index (χ1) is 7.26. The van der Waals surface area contributed by atoms with Crippen LogP contribution >= 0.6 is 0 Å². The van der Waals surface area contributed by atoms with E-state index >= 15 is 0 Å². The lowest BCUT2D eigenvalue weighted by atomic mass is 10.4. The molecule has 0 fully saturated rings. The molecule has 0 unspecified atom stereocenters. The second-order valence-corrected chi connectivity index (χ2v) is 3.19. The number of nitrogens with two attached hydrogens (primary N) is 1. The Hall–Kier alpha value is -1.20. The topological polar surface area (TPSA) is 70.3 Å². The van der Waals surface area contributed by atoms with Gasteiger partial charge in [0.2, 0.25) is 0 Å². The van der Waals surface area contributed by atoms with Crippen LogP contribution in [0.2, 0.25) is 0 Å². The van der Waals surface area contributed by atoms with Crippen molar-refractivity contribution in [2.24, 2.45) is 0 Å². The molecule has 0 radical (unpaired) electrons. The van der Waals surface area contributed by atoms with Crippen LogP contribution in [-0.2, 0) is 22.7 Å². The molecule has 0 bridgehead atoms. The predicted molar refractivity (Wildman–Crippen MR) is 57.1 cm³/mol. The zero-order chi connectivity index (χ0) is 11.1. The summed E-state index contributed by atoms with van der Waals surface area (Å²) in [5.41, 5.74) is 6.41. The highest BCUT2D eigenvalue weighted by Crippen LogP contribution is 2.05. The van der Waals surface area contributed by atoms with Crippen LogP contribution in [0.3, 0.4) is 0 Å². The first-order valence-electron chi connectivity index (χ1n) is 4.95. The lowest BCUT2D eigenvalue weighted by Crippen LogP contribution is -2.06. The van der Waals surface area contributed by atoms with Crippen molar-refractivity contribution in [1.29, 1.82) is 0 Å². The van der Waals surface area contributed by atoms with Crippen molar-refractivity contribution < 1.29 is 9.47 Å². The predicted octanol–water partition coefficient (Wildman–Crippen LogP) is 1.13. The zero-order valence-corrected chi connectivity index (χ0v) is 9.19. The van der Waals surface area contributed by atoms with Gasteiger partial charge in [-0.15, -0.1) is 0 Å². The van der Waals surface area contributed by atoms with Crippen LogP contribution in [0.4, 0.5) is 5.82 Å². The molecule has 5 heteroatoms. The van der Waals surface area contributed by atoms with Gasteiger partial charge in [0, 0.05) is 19.8 Å². The third kappa shape index (κ3) is 4.22. The second kappa shape index (κ2) is 6.31. The Morgan fingerprint density at radius 2 is 2.13 bits per heavy atom. The van der Waals surface area contributed by atoms with Crippen LogP contribution in [0.1, 0.15) is 24.9 Å². The molecular formula is C10H17N3O2. The minimum absolute atomic E-state index is 0.398. The van der Waals surface area contributed by atoms with Crippen LogP contribution < -0.4 is 5.73 Å². The summed E-state index contributed by atoms with van der Waals surface area (Å²) in [5.74, 6) is 1.06. The van der Waals surface area contributed by atoms with Crippen LogP contribution in [0, 0.1) is 0 Å². The number of nitrogen functional groups attached to an aromatic ring is 1. The molecule has 0 saturated heterocycles. The molecule has 5 nitrogen and oxygen atoms in total. The summed E-state index contributed by atoms with van der Waals surface area (Å²) >= 11 is 0. The Kier molecular flexibility index (Phi) is 5.00. The van der Waals surface area contributed by atoms with Crippen LogP contribution in [0.15, 0.2) is 6.07 Å². The number of nitrogens with zero attached hydrogens (tertiary/aromatic N) is 2. The molecule has 0 aliphatic carbocycles. The van der Waals surface area contributed by atoms with E-state index in [1.54, 1.807) is 13.2 Å². The Labute approximate surface area is 89.6 Å². The maximum atomic E-state index is 5.63. The van der Waals surface area contributed by atoms with Crippen LogP contribution in [0.5, 0.6) is 0 Å². The third-order valence-corrected chi connectivity index (χ3v) is 1.72. The standard InChI is InChI=1S/C10H17N3O2/c1-3-4-15-7-10-12-8(6-14-2)5-9(11)13-10/h5H,3-4,6-7H2,1-2H3,(H2,11,12,13). The fourth-order valence-electron chi connectivity index (χ4n) is 1.17. The van der Waals surface area contributed by atoms with Gasteiger partial charge in [-0.3, -0.25) is 0 Å². The molecule has 1 aromatic heterocycles. The Morgan fingerprint density at radius 1 is 1.33 bits per heavy atom. The van der Waals surface area contributed by atoms with Gasteiger partial charge >= 0.3 is 0 Å².